The maximum absolute atomic E-state index is 5.04. The summed E-state index contributed by atoms with van der Waals surface area (Å²) in [6.07, 6.45) is 1.98. The molecule has 0 amide bonds. The lowest BCUT2D eigenvalue weighted by Gasteiger charge is -2.16. The van der Waals surface area contributed by atoms with Gasteiger partial charge in [-0.3, -0.25) is 4.58 Å². The van der Waals surface area contributed by atoms with Crippen LogP contribution in [0.5, 0.6) is 0 Å². The Kier molecular flexibility index (Phi) is 4.60. The Morgan fingerprint density at radius 3 is 2.30 bits per heavy atom. The van der Waals surface area contributed by atoms with E-state index >= 15 is 0 Å². The molecule has 0 aromatic heterocycles. The van der Waals surface area contributed by atoms with E-state index < -0.39 is 9.76 Å². The molecule has 3 heteroatoms. The molecule has 0 saturated heterocycles. The van der Waals surface area contributed by atoms with Crippen molar-refractivity contribution in [1.82, 2.24) is 0 Å². The minimum absolute atomic E-state index is 0.172. The fourth-order valence-corrected chi connectivity index (χ4v) is 1.04. The van der Waals surface area contributed by atoms with Crippen molar-refractivity contribution >= 4 is 9.76 Å². The number of hydrogen-bond acceptors (Lipinski definition) is 2. The van der Waals surface area contributed by atoms with Crippen molar-refractivity contribution in [2.75, 3.05) is 0 Å². The van der Waals surface area contributed by atoms with Crippen molar-refractivity contribution in [1.29, 1.82) is 0 Å². The molecule has 0 aromatic rings. The highest BCUT2D eigenvalue weighted by Gasteiger charge is 2.09. The summed E-state index contributed by atoms with van der Waals surface area (Å²) in [5.41, 5.74) is 1.86. The first kappa shape index (κ1) is 9.88. The zero-order valence-corrected chi connectivity index (χ0v) is 8.59. The molecule has 10 heavy (non-hydrogen) atoms. The van der Waals surface area contributed by atoms with E-state index in [-0.39, 0.29) is 5.60 Å². The van der Waals surface area contributed by atoms with Crippen LogP contribution < -0.4 is 0 Å². The fourth-order valence-electron chi connectivity index (χ4n) is 0.346. The van der Waals surface area contributed by atoms with E-state index in [4.69, 9.17) is 9.46 Å². The van der Waals surface area contributed by atoms with Crippen molar-refractivity contribution < 1.29 is 9.46 Å². The Labute approximate surface area is 65.1 Å². The molecule has 60 valence electrons. The normalized spacial score (nSPS) is 14.0. The van der Waals surface area contributed by atoms with Crippen LogP contribution in [-0.4, -0.2) is 15.4 Å². The summed E-state index contributed by atoms with van der Waals surface area (Å²) >= 11 is 0. The molecule has 0 fully saturated rings. The van der Waals surface area contributed by atoms with Gasteiger partial charge in [0.1, 0.15) is 0 Å². The zero-order chi connectivity index (χ0) is 8.04. The maximum atomic E-state index is 5.04. The Bertz CT molecular complexity index is 105. The second-order valence-electron chi connectivity index (χ2n) is 3.05. The number of hydrogen-bond donors (Lipinski definition) is 0. The summed E-state index contributed by atoms with van der Waals surface area (Å²) < 4.78 is 4.99. The average molecular weight is 160 g/mol. The summed E-state index contributed by atoms with van der Waals surface area (Å²) in [5, 5.41) is 0. The summed E-state index contributed by atoms with van der Waals surface area (Å²) in [6.45, 7) is 7.89. The number of rotatable bonds is 3. The van der Waals surface area contributed by atoms with Crippen LogP contribution in [0.1, 0.15) is 27.7 Å². The second-order valence-corrected chi connectivity index (χ2v) is 4.09. The van der Waals surface area contributed by atoms with Gasteiger partial charge in [-0.2, -0.15) is 0 Å². The Morgan fingerprint density at radius 2 is 1.90 bits per heavy atom. The Balaban J connectivity index is 3.20. The molecule has 0 aliphatic rings. The highest BCUT2D eigenvalue weighted by Crippen LogP contribution is 2.05. The third kappa shape index (κ3) is 7.88. The molecule has 0 saturated carbocycles. The van der Waals surface area contributed by atoms with Crippen LogP contribution in [0, 0.1) is 0 Å². The lowest BCUT2D eigenvalue weighted by molar-refractivity contribution is -0.275. The predicted molar refractivity (Wildman–Crippen MR) is 45.3 cm³/mol. The van der Waals surface area contributed by atoms with E-state index in [2.05, 4.69) is 0 Å². The highest BCUT2D eigenvalue weighted by atomic mass is 28.2. The molecular formula is C7H16O2Si. The van der Waals surface area contributed by atoms with Gasteiger partial charge in [0.05, 0.1) is 5.60 Å². The van der Waals surface area contributed by atoms with Gasteiger partial charge < -0.3 is 0 Å². The summed E-state index contributed by atoms with van der Waals surface area (Å²) in [7, 11) is -0.571. The Hall–Kier alpha value is -0.123. The quantitative estimate of drug-likeness (QED) is 0.268. The van der Waals surface area contributed by atoms with Gasteiger partial charge in [-0.1, -0.05) is 11.8 Å². The van der Waals surface area contributed by atoms with E-state index in [1.807, 2.05) is 39.5 Å². The molecule has 0 rings (SSSR count). The van der Waals surface area contributed by atoms with Crippen LogP contribution in [0.25, 0.3) is 0 Å². The highest BCUT2D eigenvalue weighted by molar-refractivity contribution is 6.33. The van der Waals surface area contributed by atoms with Crippen LogP contribution in [0.2, 0.25) is 0 Å². The monoisotopic (exact) mass is 160 g/mol. The zero-order valence-electron chi connectivity index (χ0n) is 7.18. The van der Waals surface area contributed by atoms with E-state index in [9.17, 15) is 0 Å². The first-order valence-corrected chi connectivity index (χ1v) is 4.87. The van der Waals surface area contributed by atoms with Crippen molar-refractivity contribution in [3.05, 3.63) is 11.8 Å². The minimum Gasteiger partial charge on any atom is -0.289 e. The molecular weight excluding hydrogens is 144 g/mol. The third-order valence-electron chi connectivity index (χ3n) is 0.709. The van der Waals surface area contributed by atoms with Gasteiger partial charge in [-0.25, -0.2) is 4.89 Å². The van der Waals surface area contributed by atoms with E-state index in [1.54, 1.807) is 0 Å². The van der Waals surface area contributed by atoms with E-state index in [1.165, 1.54) is 0 Å². The van der Waals surface area contributed by atoms with Gasteiger partial charge >= 0.3 is 0 Å². The Morgan fingerprint density at radius 1 is 1.30 bits per heavy atom. The van der Waals surface area contributed by atoms with E-state index in [0.717, 1.165) is 0 Å². The molecule has 0 bridgehead atoms. The second kappa shape index (κ2) is 4.66. The van der Waals surface area contributed by atoms with Gasteiger partial charge in [0.25, 0.3) is 0 Å². The van der Waals surface area contributed by atoms with Crippen LogP contribution >= 0.6 is 0 Å². The first-order chi connectivity index (χ1) is 4.56. The molecule has 0 unspecified atom stereocenters. The van der Waals surface area contributed by atoms with Crippen LogP contribution in [0.4, 0.5) is 0 Å². The van der Waals surface area contributed by atoms with Crippen LogP contribution in [-0.2, 0) is 9.46 Å². The molecule has 0 spiro atoms. The maximum Gasteiger partial charge on any atom is 0.232 e. The smallest absolute Gasteiger partial charge is 0.232 e. The molecule has 2 nitrogen and oxygen atoms in total. The summed E-state index contributed by atoms with van der Waals surface area (Å²) in [6, 6.07) is 0. The SMILES string of the molecule is CC=C[SiH2]OOC(C)(C)C. The molecule has 0 heterocycles. The first-order valence-electron chi connectivity index (χ1n) is 3.48. The molecule has 0 atom stereocenters. The van der Waals surface area contributed by atoms with Crippen molar-refractivity contribution in [2.24, 2.45) is 0 Å². The summed E-state index contributed by atoms with van der Waals surface area (Å²) in [5.74, 6) is 0. The predicted octanol–water partition coefficient (Wildman–Crippen LogP) is 1.35. The van der Waals surface area contributed by atoms with Gasteiger partial charge in [0.2, 0.25) is 9.76 Å². The number of allylic oxidation sites excluding steroid dienone is 1. The molecule has 0 N–H and O–H groups in total. The van der Waals surface area contributed by atoms with E-state index in [0.29, 0.717) is 0 Å². The van der Waals surface area contributed by atoms with Gasteiger partial charge in [-0.05, 0) is 27.7 Å². The lowest BCUT2D eigenvalue weighted by atomic mass is 10.2. The molecule has 0 aromatic carbocycles. The average Bonchev–Trinajstić information content (AvgIpc) is 1.78. The van der Waals surface area contributed by atoms with Crippen molar-refractivity contribution in [3.63, 3.8) is 0 Å². The topological polar surface area (TPSA) is 18.5 Å². The molecule has 0 aliphatic carbocycles. The van der Waals surface area contributed by atoms with Gasteiger partial charge in [-0.15, -0.1) is 0 Å². The van der Waals surface area contributed by atoms with Crippen molar-refractivity contribution in [2.45, 2.75) is 33.3 Å². The molecule has 0 aliphatic heterocycles. The standard InChI is InChI=1S/C7H16O2Si/c1-5-6-10-9-8-7(2,3)4/h5-6H,10H2,1-4H3. The van der Waals surface area contributed by atoms with Gasteiger partial charge in [0.15, 0.2) is 0 Å². The third-order valence-corrected chi connectivity index (χ3v) is 1.63. The van der Waals surface area contributed by atoms with Crippen LogP contribution in [0.15, 0.2) is 11.8 Å². The van der Waals surface area contributed by atoms with Crippen molar-refractivity contribution in [3.8, 4) is 0 Å². The van der Waals surface area contributed by atoms with Crippen LogP contribution in [0.3, 0.4) is 0 Å². The lowest BCUT2D eigenvalue weighted by Crippen LogP contribution is -2.20. The fraction of sp³-hybridized carbons (Fsp3) is 0.714. The summed E-state index contributed by atoms with van der Waals surface area (Å²) in [4.78, 5) is 5.04. The molecule has 0 radical (unpaired) electrons. The largest absolute Gasteiger partial charge is 0.289 e. The minimum atomic E-state index is -0.571. The van der Waals surface area contributed by atoms with Gasteiger partial charge in [0, 0.05) is 0 Å².